The van der Waals surface area contributed by atoms with Crippen LogP contribution in [0.3, 0.4) is 0 Å². The molecule has 0 radical (unpaired) electrons. The van der Waals surface area contributed by atoms with Crippen LogP contribution in [-0.4, -0.2) is 74.2 Å². The lowest BCUT2D eigenvalue weighted by molar-refractivity contribution is -0.120. The normalized spacial score (nSPS) is 15.4. The zero-order valence-corrected chi connectivity index (χ0v) is 27.9. The summed E-state index contributed by atoms with van der Waals surface area (Å²) in [5, 5.41) is 21.2. The molecule has 48 heavy (non-hydrogen) atoms. The van der Waals surface area contributed by atoms with E-state index in [1.54, 1.807) is 14.2 Å². The summed E-state index contributed by atoms with van der Waals surface area (Å²) in [6.07, 6.45) is 1.49. The number of benzene rings is 2. The number of pyridine rings is 2. The van der Waals surface area contributed by atoms with E-state index in [4.69, 9.17) is 42.6 Å². The summed E-state index contributed by atoms with van der Waals surface area (Å²) in [6.45, 7) is 3.30. The summed E-state index contributed by atoms with van der Waals surface area (Å²) in [6, 6.07) is 19.5. The predicted octanol–water partition coefficient (Wildman–Crippen LogP) is 5.07. The van der Waals surface area contributed by atoms with Crippen molar-refractivity contribution in [2.24, 2.45) is 0 Å². The third-order valence-corrected chi connectivity index (χ3v) is 9.60. The number of amides is 1. The number of carbonyl (C=O) groups is 1. The van der Waals surface area contributed by atoms with Crippen LogP contribution in [0.25, 0.3) is 33.6 Å². The van der Waals surface area contributed by atoms with Gasteiger partial charge in [-0.3, -0.25) is 9.69 Å². The first kappa shape index (κ1) is 32.0. The van der Waals surface area contributed by atoms with E-state index in [0.717, 1.165) is 52.9 Å². The fraction of sp³-hybridized carbons (Fsp3) is 0.294. The summed E-state index contributed by atoms with van der Waals surface area (Å²) < 4.78 is 11.3. The molecule has 0 saturated carbocycles. The van der Waals surface area contributed by atoms with Gasteiger partial charge in [0.1, 0.15) is 0 Å². The molecule has 2 fully saturated rings. The predicted molar refractivity (Wildman–Crippen MR) is 182 cm³/mol. The van der Waals surface area contributed by atoms with Crippen LogP contribution in [0.5, 0.6) is 11.8 Å². The van der Waals surface area contributed by atoms with Crippen LogP contribution in [0.1, 0.15) is 29.8 Å². The lowest BCUT2D eigenvalue weighted by Crippen LogP contribution is -2.66. The molecule has 2 aliphatic heterocycles. The number of nitrogens with zero attached hydrogens (tertiary/aromatic N) is 6. The third kappa shape index (κ3) is 6.31. The number of tetrazole rings is 1. The van der Waals surface area contributed by atoms with Crippen molar-refractivity contribution in [3.63, 3.8) is 0 Å². The summed E-state index contributed by atoms with van der Waals surface area (Å²) in [4.78, 5) is 23.6. The highest BCUT2D eigenvalue weighted by molar-refractivity contribution is 6.39. The number of likely N-dealkylation sites (tertiary alicyclic amines) is 1. The molecule has 12 nitrogen and oxygen atoms in total. The molecular weight excluding hydrogens is 653 g/mol. The van der Waals surface area contributed by atoms with Crippen molar-refractivity contribution < 1.29 is 14.3 Å². The number of hydrogen-bond donors (Lipinski definition) is 3. The minimum absolute atomic E-state index is 0.0786. The van der Waals surface area contributed by atoms with Gasteiger partial charge < -0.3 is 20.1 Å². The van der Waals surface area contributed by atoms with Crippen LogP contribution in [-0.2, 0) is 24.4 Å². The Morgan fingerprint density at radius 2 is 1.44 bits per heavy atom. The molecule has 2 saturated heterocycles. The van der Waals surface area contributed by atoms with Crippen LogP contribution >= 0.6 is 23.2 Å². The van der Waals surface area contributed by atoms with E-state index in [-0.39, 0.29) is 11.4 Å². The summed E-state index contributed by atoms with van der Waals surface area (Å²) in [7, 11) is 3.21. The van der Waals surface area contributed by atoms with E-state index in [2.05, 4.69) is 36.2 Å². The maximum atomic E-state index is 11.7. The molecule has 0 bridgehead atoms. The quantitative estimate of drug-likeness (QED) is 0.172. The van der Waals surface area contributed by atoms with Gasteiger partial charge in [0.25, 0.3) is 0 Å². The monoisotopic (exact) mass is 685 g/mol. The van der Waals surface area contributed by atoms with Gasteiger partial charge in [0.05, 0.1) is 47.7 Å². The average Bonchev–Trinajstić information content (AvgIpc) is 3.75. The zero-order valence-electron chi connectivity index (χ0n) is 26.4. The average molecular weight is 687 g/mol. The molecule has 5 heterocycles. The Bertz CT molecular complexity index is 1970. The number of aromatic nitrogens is 6. The van der Waals surface area contributed by atoms with Crippen LogP contribution in [0, 0.1) is 0 Å². The maximum Gasteiger partial charge on any atom is 0.220 e. The van der Waals surface area contributed by atoms with Crippen molar-refractivity contribution in [2.45, 2.75) is 38.0 Å². The van der Waals surface area contributed by atoms with E-state index >= 15 is 0 Å². The van der Waals surface area contributed by atoms with Crippen molar-refractivity contribution in [3.05, 3.63) is 87.7 Å². The number of H-pyrrole nitrogens is 1. The van der Waals surface area contributed by atoms with E-state index in [0.29, 0.717) is 65.1 Å². The molecule has 2 aromatic carbocycles. The first-order valence-corrected chi connectivity index (χ1v) is 16.2. The van der Waals surface area contributed by atoms with Gasteiger partial charge in [-0.1, -0.05) is 71.7 Å². The van der Waals surface area contributed by atoms with Crippen molar-refractivity contribution in [3.8, 4) is 45.4 Å². The molecule has 7 rings (SSSR count). The molecule has 0 unspecified atom stereocenters. The van der Waals surface area contributed by atoms with Gasteiger partial charge in [-0.05, 0) is 29.0 Å². The lowest BCUT2D eigenvalue weighted by atomic mass is 9.88. The number of rotatable bonds is 11. The van der Waals surface area contributed by atoms with E-state index < -0.39 is 0 Å². The number of methoxy groups -OCH3 is 2. The van der Waals surface area contributed by atoms with Gasteiger partial charge in [0, 0.05) is 66.0 Å². The van der Waals surface area contributed by atoms with Crippen LogP contribution in [0.4, 0.5) is 0 Å². The van der Waals surface area contributed by atoms with Crippen LogP contribution in [0.2, 0.25) is 10.0 Å². The first-order valence-electron chi connectivity index (χ1n) is 15.5. The lowest BCUT2D eigenvalue weighted by Gasteiger charge is -2.48. The van der Waals surface area contributed by atoms with Crippen molar-refractivity contribution in [2.75, 3.05) is 27.3 Å². The third-order valence-electron chi connectivity index (χ3n) is 8.78. The molecule has 14 heteroatoms. The van der Waals surface area contributed by atoms with Crippen LogP contribution < -0.4 is 20.1 Å². The van der Waals surface area contributed by atoms with Gasteiger partial charge in [-0.2, -0.15) is 0 Å². The smallest absolute Gasteiger partial charge is 0.220 e. The number of ether oxygens (including phenoxy) is 2. The SMILES string of the molecule is COc1nc(-c2cccc(-c3cccc(-c4ccc(CN5CC6(CCC(=O)N6)C5)c(OC)n4)c3Cl)c2Cl)ccc1CNCc1nnn[nH]1. The Balaban J connectivity index is 1.11. The molecule has 246 valence electrons. The number of carbonyl (C=O) groups excluding carboxylic acids is 1. The number of nitrogens with one attached hydrogen (secondary N) is 3. The molecule has 0 atom stereocenters. The molecular formula is C34H33Cl2N9O3. The fourth-order valence-electron chi connectivity index (χ4n) is 6.46. The Morgan fingerprint density at radius 1 is 0.833 bits per heavy atom. The van der Waals surface area contributed by atoms with Gasteiger partial charge in [0.15, 0.2) is 5.82 Å². The van der Waals surface area contributed by atoms with Gasteiger partial charge in [-0.25, -0.2) is 15.1 Å². The topological polar surface area (TPSA) is 143 Å². The van der Waals surface area contributed by atoms with E-state index in [1.807, 2.05) is 60.7 Å². The number of hydrogen-bond acceptors (Lipinski definition) is 10. The Hall–Kier alpha value is -4.62. The second-order valence-corrected chi connectivity index (χ2v) is 12.7. The molecule has 1 amide bonds. The molecule has 3 aromatic heterocycles. The summed E-state index contributed by atoms with van der Waals surface area (Å²) in [5.74, 6) is 1.80. The first-order chi connectivity index (χ1) is 23.4. The second kappa shape index (κ2) is 13.5. The van der Waals surface area contributed by atoms with Crippen molar-refractivity contribution in [1.29, 1.82) is 0 Å². The molecule has 1 spiro atoms. The standard InChI is InChI=1S/C34H33Cl2N9O3/c1-47-32-20(15-37-16-28-41-43-44-42-28)9-11-26(38-32)24-7-3-5-22(30(24)35)23-6-4-8-25(31(23)36)27-12-10-21(33(39-27)48-2)17-45-18-34(19-45)14-13-29(46)40-34/h3-12,37H,13-19H2,1-2H3,(H,40,46)(H,41,42,43,44). The summed E-state index contributed by atoms with van der Waals surface area (Å²) >= 11 is 14.2. The minimum Gasteiger partial charge on any atom is -0.481 e. The minimum atomic E-state index is -0.0786. The van der Waals surface area contributed by atoms with Crippen molar-refractivity contribution >= 4 is 29.1 Å². The summed E-state index contributed by atoms with van der Waals surface area (Å²) in [5.41, 5.74) is 6.16. The highest BCUT2D eigenvalue weighted by Gasteiger charge is 2.47. The molecule has 5 aromatic rings. The van der Waals surface area contributed by atoms with E-state index in [1.165, 1.54) is 0 Å². The highest BCUT2D eigenvalue weighted by atomic mass is 35.5. The van der Waals surface area contributed by atoms with Gasteiger partial charge >= 0.3 is 0 Å². The zero-order chi connectivity index (χ0) is 33.3. The highest BCUT2D eigenvalue weighted by Crippen LogP contribution is 2.42. The van der Waals surface area contributed by atoms with Gasteiger partial charge in [0.2, 0.25) is 17.7 Å². The fourth-order valence-corrected chi connectivity index (χ4v) is 7.11. The molecule has 0 aliphatic carbocycles. The molecule has 3 N–H and O–H groups in total. The Morgan fingerprint density at radius 3 is 2.00 bits per heavy atom. The molecule has 2 aliphatic rings. The van der Waals surface area contributed by atoms with Crippen molar-refractivity contribution in [1.82, 2.24) is 46.1 Å². The van der Waals surface area contributed by atoms with E-state index in [9.17, 15) is 4.79 Å². The van der Waals surface area contributed by atoms with Crippen LogP contribution in [0.15, 0.2) is 60.7 Å². The second-order valence-electron chi connectivity index (χ2n) is 12.0. The Labute approximate surface area is 287 Å². The Kier molecular flexibility index (Phi) is 8.97. The largest absolute Gasteiger partial charge is 0.481 e. The maximum absolute atomic E-state index is 11.7. The number of aromatic amines is 1. The number of halogens is 2. The van der Waals surface area contributed by atoms with Gasteiger partial charge in [-0.15, -0.1) is 5.10 Å².